The zero-order valence-electron chi connectivity index (χ0n) is 19.9. The largest absolute Gasteiger partial charge is 0.493 e. The van der Waals surface area contributed by atoms with E-state index in [1.807, 2.05) is 18.2 Å². The molecule has 1 atom stereocenters. The minimum atomic E-state index is 0.173. The Bertz CT molecular complexity index is 1130. The molecule has 1 aliphatic carbocycles. The Kier molecular flexibility index (Phi) is 6.39. The summed E-state index contributed by atoms with van der Waals surface area (Å²) in [5.41, 5.74) is 4.64. The maximum Gasteiger partial charge on any atom is 0.223 e. The molecule has 5 nitrogen and oxygen atoms in total. The first kappa shape index (κ1) is 22.0. The van der Waals surface area contributed by atoms with Gasteiger partial charge in [0, 0.05) is 31.5 Å². The predicted octanol–water partition coefficient (Wildman–Crippen LogP) is 5.77. The minimum absolute atomic E-state index is 0.173. The number of aryl methyl sites for hydroxylation is 2. The molecule has 1 unspecified atom stereocenters. The highest BCUT2D eigenvalue weighted by Crippen LogP contribution is 2.34. The number of nitrogens with zero attached hydrogens (tertiary/aromatic N) is 3. The molecule has 3 aromatic rings. The molecule has 1 saturated carbocycles. The highest BCUT2D eigenvalue weighted by Gasteiger charge is 2.37. The number of carbonyl (C=O) groups excluding carboxylic acids is 1. The lowest BCUT2D eigenvalue weighted by Crippen LogP contribution is -2.37. The van der Waals surface area contributed by atoms with E-state index in [2.05, 4.69) is 47.6 Å². The molecule has 1 aliphatic heterocycles. The first-order chi connectivity index (χ1) is 16.1. The van der Waals surface area contributed by atoms with Gasteiger partial charge in [-0.3, -0.25) is 4.79 Å². The van der Waals surface area contributed by atoms with Crippen molar-refractivity contribution in [3.63, 3.8) is 0 Å². The third kappa shape index (κ3) is 4.50. The number of aromatic nitrogens is 2. The summed E-state index contributed by atoms with van der Waals surface area (Å²) >= 11 is 0. The molecule has 2 aromatic carbocycles. The second-order valence-electron chi connectivity index (χ2n) is 9.75. The van der Waals surface area contributed by atoms with Gasteiger partial charge in [-0.15, -0.1) is 0 Å². The number of imidazole rings is 1. The quantitative estimate of drug-likeness (QED) is 0.434. The molecule has 33 heavy (non-hydrogen) atoms. The highest BCUT2D eigenvalue weighted by atomic mass is 16.5. The van der Waals surface area contributed by atoms with E-state index in [1.165, 1.54) is 30.4 Å². The Hall–Kier alpha value is -2.82. The summed E-state index contributed by atoms with van der Waals surface area (Å²) < 4.78 is 8.45. The van der Waals surface area contributed by atoms with Crippen molar-refractivity contribution in [3.8, 4) is 5.75 Å². The van der Waals surface area contributed by atoms with Crippen molar-refractivity contribution in [2.75, 3.05) is 13.2 Å². The lowest BCUT2D eigenvalue weighted by atomic mass is 9.94. The number of fused-ring (bicyclic) bond motifs is 1. The van der Waals surface area contributed by atoms with E-state index < -0.39 is 0 Å². The van der Waals surface area contributed by atoms with Crippen molar-refractivity contribution < 1.29 is 9.53 Å². The Morgan fingerprint density at radius 3 is 2.70 bits per heavy atom. The number of hydrogen-bond acceptors (Lipinski definition) is 3. The Balaban J connectivity index is 1.31. The summed E-state index contributed by atoms with van der Waals surface area (Å²) in [6, 6.07) is 15.0. The maximum absolute atomic E-state index is 12.9. The van der Waals surface area contributed by atoms with Crippen molar-refractivity contribution in [2.24, 2.45) is 0 Å². The van der Waals surface area contributed by atoms with Gasteiger partial charge in [0.1, 0.15) is 11.6 Å². The zero-order valence-corrected chi connectivity index (χ0v) is 19.9. The highest BCUT2D eigenvalue weighted by molar-refractivity contribution is 5.81. The molecule has 174 valence electrons. The first-order valence-corrected chi connectivity index (χ1v) is 12.6. The van der Waals surface area contributed by atoms with Gasteiger partial charge in [0.05, 0.1) is 17.6 Å². The predicted molar refractivity (Wildman–Crippen MR) is 132 cm³/mol. The van der Waals surface area contributed by atoms with Crippen LogP contribution in [0.25, 0.3) is 11.0 Å². The van der Waals surface area contributed by atoms with E-state index in [1.54, 1.807) is 0 Å². The third-order valence-electron chi connectivity index (χ3n) is 7.56. The van der Waals surface area contributed by atoms with E-state index in [0.29, 0.717) is 25.0 Å². The van der Waals surface area contributed by atoms with Crippen LogP contribution in [-0.2, 0) is 11.3 Å². The molecule has 0 spiro atoms. The fourth-order valence-corrected chi connectivity index (χ4v) is 5.58. The van der Waals surface area contributed by atoms with Gasteiger partial charge < -0.3 is 14.2 Å². The molecule has 5 heteroatoms. The van der Waals surface area contributed by atoms with Crippen molar-refractivity contribution in [1.29, 1.82) is 0 Å². The molecular formula is C28H35N3O2. The molecule has 0 bridgehead atoms. The van der Waals surface area contributed by atoms with Crippen molar-refractivity contribution in [3.05, 3.63) is 59.4 Å². The number of ether oxygens (including phenoxy) is 1. The van der Waals surface area contributed by atoms with Crippen LogP contribution in [0.2, 0.25) is 0 Å². The normalized spacial score (nSPS) is 19.5. The summed E-state index contributed by atoms with van der Waals surface area (Å²) in [5.74, 6) is 2.51. The average Bonchev–Trinajstić information content (AvgIpc) is 3.40. The van der Waals surface area contributed by atoms with Gasteiger partial charge in [-0.1, -0.05) is 43.5 Å². The smallest absolute Gasteiger partial charge is 0.223 e. The van der Waals surface area contributed by atoms with E-state index in [0.717, 1.165) is 55.0 Å². The number of benzene rings is 2. The standard InChI is InChI=1S/C28H35N3O2/c1-20-10-8-15-26(21(20)2)33-17-9-16-30-25-14-7-6-13-24(25)29-28(30)22-18-27(32)31(19-22)23-11-4-3-5-12-23/h6-8,10,13-15,22-23H,3-5,9,11-12,16-19H2,1-2H3. The molecule has 1 aromatic heterocycles. The minimum Gasteiger partial charge on any atom is -0.493 e. The summed E-state index contributed by atoms with van der Waals surface area (Å²) in [5, 5.41) is 0. The number of hydrogen-bond donors (Lipinski definition) is 0. The van der Waals surface area contributed by atoms with Crippen LogP contribution < -0.4 is 4.74 Å². The topological polar surface area (TPSA) is 47.4 Å². The SMILES string of the molecule is Cc1cccc(OCCCn2c(C3CC(=O)N(C4CCCCC4)C3)nc3ccccc32)c1C. The van der Waals surface area contributed by atoms with Gasteiger partial charge in [-0.25, -0.2) is 4.98 Å². The molecule has 2 heterocycles. The molecule has 0 radical (unpaired) electrons. The zero-order chi connectivity index (χ0) is 22.8. The Morgan fingerprint density at radius 1 is 1.03 bits per heavy atom. The van der Waals surface area contributed by atoms with Gasteiger partial charge >= 0.3 is 0 Å². The number of amides is 1. The van der Waals surface area contributed by atoms with Gasteiger partial charge in [-0.05, 0) is 62.4 Å². The van der Waals surface area contributed by atoms with Crippen molar-refractivity contribution >= 4 is 16.9 Å². The summed E-state index contributed by atoms with van der Waals surface area (Å²) in [4.78, 5) is 20.1. The number of carbonyl (C=O) groups is 1. The van der Waals surface area contributed by atoms with Gasteiger partial charge in [0.2, 0.25) is 5.91 Å². The number of rotatable bonds is 7. The van der Waals surface area contributed by atoms with E-state index >= 15 is 0 Å². The van der Waals surface area contributed by atoms with Crippen LogP contribution >= 0.6 is 0 Å². The number of likely N-dealkylation sites (tertiary alicyclic amines) is 1. The summed E-state index contributed by atoms with van der Waals surface area (Å²) in [6.45, 7) is 6.54. The van der Waals surface area contributed by atoms with Crippen LogP contribution in [0.3, 0.4) is 0 Å². The van der Waals surface area contributed by atoms with Gasteiger partial charge in [0.15, 0.2) is 0 Å². The van der Waals surface area contributed by atoms with Crippen LogP contribution in [0.4, 0.5) is 0 Å². The lowest BCUT2D eigenvalue weighted by molar-refractivity contribution is -0.130. The first-order valence-electron chi connectivity index (χ1n) is 12.6. The van der Waals surface area contributed by atoms with Crippen LogP contribution in [0.15, 0.2) is 42.5 Å². The number of para-hydroxylation sites is 2. The molecule has 2 fully saturated rings. The lowest BCUT2D eigenvalue weighted by Gasteiger charge is -2.31. The summed E-state index contributed by atoms with van der Waals surface area (Å²) in [7, 11) is 0. The fraction of sp³-hybridized carbons (Fsp3) is 0.500. The monoisotopic (exact) mass is 445 g/mol. The van der Waals surface area contributed by atoms with Crippen LogP contribution in [0, 0.1) is 13.8 Å². The van der Waals surface area contributed by atoms with Crippen molar-refractivity contribution in [2.45, 2.75) is 77.3 Å². The van der Waals surface area contributed by atoms with Crippen LogP contribution in [0.5, 0.6) is 5.75 Å². The third-order valence-corrected chi connectivity index (χ3v) is 7.56. The van der Waals surface area contributed by atoms with Gasteiger partial charge in [0.25, 0.3) is 0 Å². The van der Waals surface area contributed by atoms with Crippen molar-refractivity contribution in [1.82, 2.24) is 14.5 Å². The van der Waals surface area contributed by atoms with E-state index in [4.69, 9.17) is 9.72 Å². The second-order valence-corrected chi connectivity index (χ2v) is 9.75. The second kappa shape index (κ2) is 9.58. The molecular weight excluding hydrogens is 410 g/mol. The van der Waals surface area contributed by atoms with Crippen LogP contribution in [0.1, 0.15) is 67.8 Å². The van der Waals surface area contributed by atoms with Crippen LogP contribution in [-0.4, -0.2) is 39.6 Å². The Labute approximate surface area is 196 Å². The van der Waals surface area contributed by atoms with Gasteiger partial charge in [-0.2, -0.15) is 0 Å². The molecule has 1 amide bonds. The summed E-state index contributed by atoms with van der Waals surface area (Å²) in [6.07, 6.45) is 7.60. The molecule has 0 N–H and O–H groups in total. The van der Waals surface area contributed by atoms with E-state index in [-0.39, 0.29) is 5.92 Å². The Morgan fingerprint density at radius 2 is 1.85 bits per heavy atom. The van der Waals surface area contributed by atoms with E-state index in [9.17, 15) is 4.79 Å². The molecule has 1 saturated heterocycles. The maximum atomic E-state index is 12.9. The fourth-order valence-electron chi connectivity index (χ4n) is 5.58. The average molecular weight is 446 g/mol. The molecule has 2 aliphatic rings. The molecule has 5 rings (SSSR count).